The molecule has 0 radical (unpaired) electrons. The highest BCUT2D eigenvalue weighted by Crippen LogP contribution is 2.17. The van der Waals surface area contributed by atoms with Crippen LogP contribution in [0.4, 0.5) is 0 Å². The number of nitrogens with one attached hydrogen (secondary N) is 1. The van der Waals surface area contributed by atoms with Gasteiger partial charge in [-0.25, -0.2) is 8.42 Å². The van der Waals surface area contributed by atoms with Crippen LogP contribution in [0.25, 0.3) is 0 Å². The number of hydrogen-bond donors (Lipinski definition) is 1. The van der Waals surface area contributed by atoms with E-state index < -0.39 is 9.84 Å². The maximum absolute atomic E-state index is 11.0. The summed E-state index contributed by atoms with van der Waals surface area (Å²) in [6, 6.07) is 0.171. The SMILES string of the molecule is CNC(CCCS(C)(=O)=O)C(C)(C)OC. The molecule has 0 bridgehead atoms. The molecule has 0 rings (SSSR count). The van der Waals surface area contributed by atoms with Crippen molar-refractivity contribution in [1.82, 2.24) is 5.32 Å². The average Bonchev–Trinajstić information content (AvgIpc) is 2.10. The monoisotopic (exact) mass is 237 g/mol. The fraction of sp³-hybridized carbons (Fsp3) is 1.00. The fourth-order valence-electron chi connectivity index (χ4n) is 1.53. The molecule has 0 amide bonds. The molecule has 0 fully saturated rings. The molecule has 15 heavy (non-hydrogen) atoms. The molecule has 0 aliphatic carbocycles. The van der Waals surface area contributed by atoms with Crippen LogP contribution in [-0.4, -0.2) is 46.2 Å². The third-order valence-electron chi connectivity index (χ3n) is 2.72. The second kappa shape index (κ2) is 5.82. The molecule has 0 aromatic heterocycles. The molecule has 92 valence electrons. The number of rotatable bonds is 7. The van der Waals surface area contributed by atoms with E-state index in [1.165, 1.54) is 6.26 Å². The highest BCUT2D eigenvalue weighted by molar-refractivity contribution is 7.90. The molecule has 1 unspecified atom stereocenters. The summed E-state index contributed by atoms with van der Waals surface area (Å²) in [5.74, 6) is 0.241. The predicted octanol–water partition coefficient (Wildman–Crippen LogP) is 0.824. The highest BCUT2D eigenvalue weighted by atomic mass is 32.2. The number of ether oxygens (including phenoxy) is 1. The van der Waals surface area contributed by atoms with E-state index in [9.17, 15) is 8.42 Å². The highest BCUT2D eigenvalue weighted by Gasteiger charge is 2.27. The van der Waals surface area contributed by atoms with Crippen LogP contribution in [0.2, 0.25) is 0 Å². The quantitative estimate of drug-likeness (QED) is 0.712. The first-order valence-corrected chi connectivity index (χ1v) is 7.19. The van der Waals surface area contributed by atoms with Crippen molar-refractivity contribution in [3.63, 3.8) is 0 Å². The first kappa shape index (κ1) is 14.9. The van der Waals surface area contributed by atoms with Gasteiger partial charge in [0.1, 0.15) is 9.84 Å². The van der Waals surface area contributed by atoms with E-state index in [1.807, 2.05) is 20.9 Å². The number of hydrogen-bond acceptors (Lipinski definition) is 4. The van der Waals surface area contributed by atoms with Crippen molar-refractivity contribution in [3.05, 3.63) is 0 Å². The summed E-state index contributed by atoms with van der Waals surface area (Å²) in [7, 11) is 0.686. The van der Waals surface area contributed by atoms with Crippen LogP contribution >= 0.6 is 0 Å². The van der Waals surface area contributed by atoms with Gasteiger partial charge in [-0.05, 0) is 33.7 Å². The van der Waals surface area contributed by atoms with Gasteiger partial charge in [-0.15, -0.1) is 0 Å². The molecule has 0 aromatic carbocycles. The average molecular weight is 237 g/mol. The first-order valence-electron chi connectivity index (χ1n) is 5.13. The fourth-order valence-corrected chi connectivity index (χ4v) is 2.22. The maximum atomic E-state index is 11.0. The molecule has 0 heterocycles. The summed E-state index contributed by atoms with van der Waals surface area (Å²) in [5, 5.41) is 3.16. The molecule has 1 atom stereocenters. The Morgan fingerprint density at radius 3 is 2.27 bits per heavy atom. The zero-order chi connectivity index (χ0) is 12.1. The first-order chi connectivity index (χ1) is 6.73. The minimum absolute atomic E-state index is 0.171. The van der Waals surface area contributed by atoms with Gasteiger partial charge < -0.3 is 10.1 Å². The van der Waals surface area contributed by atoms with Gasteiger partial charge >= 0.3 is 0 Å². The van der Waals surface area contributed by atoms with Gasteiger partial charge in [0.05, 0.1) is 5.60 Å². The predicted molar refractivity (Wildman–Crippen MR) is 62.9 cm³/mol. The van der Waals surface area contributed by atoms with Gasteiger partial charge in [-0.2, -0.15) is 0 Å². The lowest BCUT2D eigenvalue weighted by Crippen LogP contribution is -2.46. The molecular weight excluding hydrogens is 214 g/mol. The molecule has 0 saturated heterocycles. The van der Waals surface area contributed by atoms with Gasteiger partial charge in [-0.3, -0.25) is 0 Å². The van der Waals surface area contributed by atoms with E-state index in [0.717, 1.165) is 6.42 Å². The molecule has 0 aliphatic heterocycles. The van der Waals surface area contributed by atoms with Crippen LogP contribution in [0.5, 0.6) is 0 Å². The Kier molecular flexibility index (Phi) is 5.77. The second-order valence-electron chi connectivity index (χ2n) is 4.42. The molecule has 4 nitrogen and oxygen atoms in total. The Balaban J connectivity index is 4.13. The summed E-state index contributed by atoms with van der Waals surface area (Å²) in [4.78, 5) is 0. The zero-order valence-corrected chi connectivity index (χ0v) is 11.1. The van der Waals surface area contributed by atoms with Gasteiger partial charge in [0.15, 0.2) is 0 Å². The lowest BCUT2D eigenvalue weighted by molar-refractivity contribution is -0.0105. The van der Waals surface area contributed by atoms with E-state index >= 15 is 0 Å². The van der Waals surface area contributed by atoms with Crippen molar-refractivity contribution in [1.29, 1.82) is 0 Å². The largest absolute Gasteiger partial charge is 0.377 e. The third kappa shape index (κ3) is 6.12. The van der Waals surface area contributed by atoms with Crippen molar-refractivity contribution in [2.75, 3.05) is 26.2 Å². The Bertz CT molecular complexity index is 272. The number of methoxy groups -OCH3 is 1. The summed E-state index contributed by atoms with van der Waals surface area (Å²) < 4.78 is 27.3. The van der Waals surface area contributed by atoms with Crippen molar-refractivity contribution in [3.8, 4) is 0 Å². The minimum Gasteiger partial charge on any atom is -0.377 e. The Morgan fingerprint density at radius 1 is 1.40 bits per heavy atom. The van der Waals surface area contributed by atoms with Crippen molar-refractivity contribution in [2.45, 2.75) is 38.3 Å². The van der Waals surface area contributed by atoms with E-state index in [1.54, 1.807) is 7.11 Å². The zero-order valence-electron chi connectivity index (χ0n) is 10.3. The van der Waals surface area contributed by atoms with Crippen molar-refractivity contribution in [2.24, 2.45) is 0 Å². The standard InChI is InChI=1S/C10H23NO3S/c1-10(2,14-4)9(11-3)7-6-8-15(5,12)13/h9,11H,6-8H2,1-5H3. The van der Waals surface area contributed by atoms with Crippen LogP contribution in [0, 0.1) is 0 Å². The number of sulfone groups is 1. The van der Waals surface area contributed by atoms with E-state index in [-0.39, 0.29) is 17.4 Å². The third-order valence-corrected chi connectivity index (χ3v) is 3.75. The molecule has 0 spiro atoms. The minimum atomic E-state index is -2.85. The van der Waals surface area contributed by atoms with Crippen molar-refractivity contribution < 1.29 is 13.2 Å². The molecule has 0 aromatic rings. The van der Waals surface area contributed by atoms with Crippen LogP contribution < -0.4 is 5.32 Å². The lowest BCUT2D eigenvalue weighted by atomic mass is 9.95. The van der Waals surface area contributed by atoms with E-state index in [4.69, 9.17) is 4.74 Å². The molecule has 1 N–H and O–H groups in total. The topological polar surface area (TPSA) is 55.4 Å². The van der Waals surface area contributed by atoms with Gasteiger partial charge in [-0.1, -0.05) is 0 Å². The Labute approximate surface area is 93.3 Å². The van der Waals surface area contributed by atoms with Gasteiger partial charge in [0.2, 0.25) is 0 Å². The van der Waals surface area contributed by atoms with Crippen LogP contribution in [0.1, 0.15) is 26.7 Å². The lowest BCUT2D eigenvalue weighted by Gasteiger charge is -2.32. The van der Waals surface area contributed by atoms with E-state index in [2.05, 4.69) is 5.32 Å². The van der Waals surface area contributed by atoms with Crippen LogP contribution in [0.3, 0.4) is 0 Å². The summed E-state index contributed by atoms with van der Waals surface area (Å²) in [5.41, 5.74) is -0.272. The summed E-state index contributed by atoms with van der Waals surface area (Å²) >= 11 is 0. The van der Waals surface area contributed by atoms with Crippen LogP contribution in [0.15, 0.2) is 0 Å². The Hall–Kier alpha value is -0.130. The van der Waals surface area contributed by atoms with Crippen molar-refractivity contribution >= 4 is 9.84 Å². The molecule has 5 heteroatoms. The number of likely N-dealkylation sites (N-methyl/N-ethyl adjacent to an activating group) is 1. The summed E-state index contributed by atoms with van der Waals surface area (Å²) in [6.07, 6.45) is 2.73. The Morgan fingerprint density at radius 2 is 1.93 bits per heavy atom. The van der Waals surface area contributed by atoms with Crippen LogP contribution in [-0.2, 0) is 14.6 Å². The maximum Gasteiger partial charge on any atom is 0.147 e. The van der Waals surface area contributed by atoms with Gasteiger partial charge in [0, 0.05) is 25.2 Å². The van der Waals surface area contributed by atoms with E-state index in [0.29, 0.717) is 6.42 Å². The summed E-state index contributed by atoms with van der Waals surface area (Å²) in [6.45, 7) is 3.99. The molecule has 0 aliphatic rings. The molecular formula is C10H23NO3S. The molecule has 0 saturated carbocycles. The normalized spacial score (nSPS) is 15.3. The van der Waals surface area contributed by atoms with Gasteiger partial charge in [0.25, 0.3) is 0 Å². The smallest absolute Gasteiger partial charge is 0.147 e. The second-order valence-corrected chi connectivity index (χ2v) is 6.68.